The molecule has 0 aromatic carbocycles. The Labute approximate surface area is 93.9 Å². The van der Waals surface area contributed by atoms with Crippen molar-refractivity contribution in [2.24, 2.45) is 0 Å². The number of nitrogens with zero attached hydrogens (tertiary/aromatic N) is 2. The van der Waals surface area contributed by atoms with Crippen LogP contribution in [0, 0.1) is 5.95 Å². The Kier molecular flexibility index (Phi) is 3.82. The number of rotatable bonds is 4. The normalized spacial score (nSPS) is 21.5. The predicted octanol–water partition coefficient (Wildman–Crippen LogP) is 1.55. The van der Waals surface area contributed by atoms with Crippen LogP contribution >= 0.6 is 0 Å². The summed E-state index contributed by atoms with van der Waals surface area (Å²) in [5, 5.41) is 1.85. The highest BCUT2D eigenvalue weighted by molar-refractivity contribution is 5.14. The Hall–Kier alpha value is -1.04. The molecule has 2 rings (SSSR count). The summed E-state index contributed by atoms with van der Waals surface area (Å²) in [6.07, 6.45) is 2.27. The Morgan fingerprint density at radius 1 is 1.69 bits per heavy atom. The van der Waals surface area contributed by atoms with E-state index in [4.69, 9.17) is 9.57 Å². The second-order valence-electron chi connectivity index (χ2n) is 3.72. The zero-order valence-corrected chi connectivity index (χ0v) is 9.23. The van der Waals surface area contributed by atoms with E-state index in [1.165, 1.54) is 12.3 Å². The predicted molar refractivity (Wildman–Crippen MR) is 56.1 cm³/mol. The molecule has 0 radical (unpaired) electrons. The minimum Gasteiger partial charge on any atom is -0.383 e. The van der Waals surface area contributed by atoms with Gasteiger partial charge in [-0.05, 0) is 24.1 Å². The van der Waals surface area contributed by atoms with Crippen molar-refractivity contribution < 1.29 is 14.0 Å². The van der Waals surface area contributed by atoms with Crippen LogP contribution in [0.15, 0.2) is 18.3 Å². The number of ether oxygens (including phenoxy) is 1. The number of aromatic nitrogens is 1. The van der Waals surface area contributed by atoms with Crippen molar-refractivity contribution >= 4 is 0 Å². The van der Waals surface area contributed by atoms with Crippen LogP contribution in [0.25, 0.3) is 0 Å². The molecule has 2 heterocycles. The molecule has 0 amide bonds. The van der Waals surface area contributed by atoms with Crippen molar-refractivity contribution in [3.05, 3.63) is 29.8 Å². The lowest BCUT2D eigenvalue weighted by Crippen LogP contribution is -2.22. The molecule has 1 aromatic heterocycles. The highest BCUT2D eigenvalue weighted by atomic mass is 19.1. The minimum absolute atomic E-state index is 0.0608. The number of hydroxylamine groups is 2. The number of hydrogen-bond donors (Lipinski definition) is 0. The fourth-order valence-electron chi connectivity index (χ4n) is 1.75. The molecule has 0 bridgehead atoms. The summed E-state index contributed by atoms with van der Waals surface area (Å²) in [4.78, 5) is 9.19. The van der Waals surface area contributed by atoms with Crippen LogP contribution in [0.5, 0.6) is 0 Å². The molecule has 4 nitrogen and oxygen atoms in total. The van der Waals surface area contributed by atoms with E-state index in [1.54, 1.807) is 13.2 Å². The van der Waals surface area contributed by atoms with E-state index < -0.39 is 5.95 Å². The molecule has 1 aliphatic heterocycles. The number of hydrogen-bond acceptors (Lipinski definition) is 4. The first-order valence-corrected chi connectivity index (χ1v) is 5.31. The van der Waals surface area contributed by atoms with Crippen LogP contribution in [0.1, 0.15) is 18.1 Å². The molecule has 0 spiro atoms. The Morgan fingerprint density at radius 3 is 3.31 bits per heavy atom. The summed E-state index contributed by atoms with van der Waals surface area (Å²) in [5.41, 5.74) is 0.840. The summed E-state index contributed by atoms with van der Waals surface area (Å²) >= 11 is 0. The molecule has 0 unspecified atom stereocenters. The van der Waals surface area contributed by atoms with E-state index in [0.29, 0.717) is 6.61 Å². The van der Waals surface area contributed by atoms with Crippen LogP contribution in [-0.4, -0.2) is 36.9 Å². The van der Waals surface area contributed by atoms with Gasteiger partial charge in [0.05, 0.1) is 6.61 Å². The van der Waals surface area contributed by atoms with Gasteiger partial charge < -0.3 is 4.74 Å². The molecule has 88 valence electrons. The van der Waals surface area contributed by atoms with E-state index >= 15 is 0 Å². The van der Waals surface area contributed by atoms with Gasteiger partial charge in [0.1, 0.15) is 6.10 Å². The maximum atomic E-state index is 12.9. The quantitative estimate of drug-likeness (QED) is 0.729. The van der Waals surface area contributed by atoms with Gasteiger partial charge in [0.2, 0.25) is 5.95 Å². The van der Waals surface area contributed by atoms with E-state index in [1.807, 2.05) is 5.06 Å². The van der Waals surface area contributed by atoms with Crippen molar-refractivity contribution in [1.29, 1.82) is 0 Å². The third-order valence-electron chi connectivity index (χ3n) is 2.58. The van der Waals surface area contributed by atoms with E-state index in [0.717, 1.165) is 25.1 Å². The number of pyridine rings is 1. The highest BCUT2D eigenvalue weighted by Crippen LogP contribution is 2.28. The second kappa shape index (κ2) is 5.34. The van der Waals surface area contributed by atoms with Crippen molar-refractivity contribution in [2.45, 2.75) is 12.5 Å². The first-order chi connectivity index (χ1) is 7.79. The molecular formula is C11H15FN2O2. The van der Waals surface area contributed by atoms with Crippen LogP contribution < -0.4 is 0 Å². The summed E-state index contributed by atoms with van der Waals surface area (Å²) < 4.78 is 17.9. The largest absolute Gasteiger partial charge is 0.383 e. The van der Waals surface area contributed by atoms with Crippen molar-refractivity contribution in [3.63, 3.8) is 0 Å². The van der Waals surface area contributed by atoms with Crippen LogP contribution in [0.3, 0.4) is 0 Å². The topological polar surface area (TPSA) is 34.6 Å². The molecule has 1 fully saturated rings. The summed E-state index contributed by atoms with van der Waals surface area (Å²) in [5.74, 6) is -0.462. The zero-order chi connectivity index (χ0) is 11.4. The monoisotopic (exact) mass is 226 g/mol. The van der Waals surface area contributed by atoms with Gasteiger partial charge in [-0.3, -0.25) is 4.84 Å². The average molecular weight is 226 g/mol. The van der Waals surface area contributed by atoms with Crippen LogP contribution in [0.4, 0.5) is 4.39 Å². The van der Waals surface area contributed by atoms with Crippen LogP contribution in [0.2, 0.25) is 0 Å². The van der Waals surface area contributed by atoms with Gasteiger partial charge in [-0.2, -0.15) is 9.45 Å². The Balaban J connectivity index is 1.93. The number of methoxy groups -OCH3 is 1. The molecule has 16 heavy (non-hydrogen) atoms. The molecule has 5 heteroatoms. The Bertz CT molecular complexity index is 349. The van der Waals surface area contributed by atoms with Crippen molar-refractivity contribution in [1.82, 2.24) is 10.0 Å². The van der Waals surface area contributed by atoms with Gasteiger partial charge in [-0.1, -0.05) is 0 Å². The van der Waals surface area contributed by atoms with Crippen molar-refractivity contribution in [3.8, 4) is 0 Å². The fraction of sp³-hybridized carbons (Fsp3) is 0.545. The summed E-state index contributed by atoms with van der Waals surface area (Å²) in [6, 6.07) is 3.21. The molecule has 1 atom stereocenters. The summed E-state index contributed by atoms with van der Waals surface area (Å²) in [7, 11) is 1.66. The lowest BCUT2D eigenvalue weighted by Gasteiger charge is -2.15. The lowest BCUT2D eigenvalue weighted by molar-refractivity contribution is -0.153. The van der Waals surface area contributed by atoms with E-state index in [2.05, 4.69) is 4.98 Å². The summed E-state index contributed by atoms with van der Waals surface area (Å²) in [6.45, 7) is 2.22. The fourth-order valence-corrected chi connectivity index (χ4v) is 1.75. The minimum atomic E-state index is -0.462. The van der Waals surface area contributed by atoms with Gasteiger partial charge in [0.15, 0.2) is 0 Å². The molecule has 0 aliphatic carbocycles. The third kappa shape index (κ3) is 2.75. The standard InChI is InChI=1S/C11H15FN2O2/c1-15-7-6-14-5-3-10(16-14)9-2-4-13-11(12)8-9/h2,4,8,10H,3,5-7H2,1H3/t10-/m1/s1. The maximum Gasteiger partial charge on any atom is 0.213 e. The molecule has 0 saturated carbocycles. The van der Waals surface area contributed by atoms with Crippen LogP contribution in [-0.2, 0) is 9.57 Å². The first kappa shape index (κ1) is 11.4. The molecule has 1 saturated heterocycles. The van der Waals surface area contributed by atoms with Gasteiger partial charge in [-0.25, -0.2) is 4.98 Å². The van der Waals surface area contributed by atoms with E-state index in [-0.39, 0.29) is 6.10 Å². The van der Waals surface area contributed by atoms with Gasteiger partial charge >= 0.3 is 0 Å². The second-order valence-corrected chi connectivity index (χ2v) is 3.72. The van der Waals surface area contributed by atoms with Gasteiger partial charge in [0, 0.05) is 26.4 Å². The number of halogens is 1. The lowest BCUT2D eigenvalue weighted by atomic mass is 10.1. The third-order valence-corrected chi connectivity index (χ3v) is 2.58. The zero-order valence-electron chi connectivity index (χ0n) is 9.23. The Morgan fingerprint density at radius 2 is 2.56 bits per heavy atom. The highest BCUT2D eigenvalue weighted by Gasteiger charge is 2.24. The van der Waals surface area contributed by atoms with Gasteiger partial charge in [0.25, 0.3) is 0 Å². The molecule has 0 N–H and O–H groups in total. The maximum absolute atomic E-state index is 12.9. The SMILES string of the molecule is COCCN1CC[C@H](c2ccnc(F)c2)O1. The van der Waals surface area contributed by atoms with E-state index in [9.17, 15) is 4.39 Å². The first-order valence-electron chi connectivity index (χ1n) is 5.31. The molecular weight excluding hydrogens is 211 g/mol. The average Bonchev–Trinajstić information content (AvgIpc) is 2.75. The molecule has 1 aliphatic rings. The smallest absolute Gasteiger partial charge is 0.213 e. The van der Waals surface area contributed by atoms with Crippen molar-refractivity contribution in [2.75, 3.05) is 26.8 Å². The molecule has 1 aromatic rings. The van der Waals surface area contributed by atoms with Gasteiger partial charge in [-0.15, -0.1) is 0 Å².